The summed E-state index contributed by atoms with van der Waals surface area (Å²) in [5.41, 5.74) is 10.6. The van der Waals surface area contributed by atoms with Crippen molar-refractivity contribution in [1.29, 1.82) is 0 Å². The molecule has 3 amide bonds. The molecule has 54 heavy (non-hydrogen) atoms. The molecule has 0 saturated carbocycles. The Labute approximate surface area is 321 Å². The molecule has 7 N–H and O–H groups in total. The van der Waals surface area contributed by atoms with Crippen molar-refractivity contribution >= 4 is 17.7 Å². The van der Waals surface area contributed by atoms with Gasteiger partial charge in [-0.2, -0.15) is 0 Å². The lowest BCUT2D eigenvalue weighted by atomic mass is 10.1. The van der Waals surface area contributed by atoms with Crippen LogP contribution in [0.15, 0.2) is 0 Å². The average molecular weight is 786 g/mol. The van der Waals surface area contributed by atoms with Crippen LogP contribution < -0.4 is 27.4 Å². The molecule has 0 aromatic rings. The SMILES string of the molecule is CNCCOCCOCCOCCC(=O)NC(CCCCN)C(=O)NCCOCCOCCOCCOCCOCCOCCOCCOCCC(N)=O. The van der Waals surface area contributed by atoms with Gasteiger partial charge in [-0.3, -0.25) is 14.4 Å². The molecule has 0 aliphatic heterocycles. The lowest BCUT2D eigenvalue weighted by Crippen LogP contribution is -2.47. The highest BCUT2D eigenvalue weighted by Gasteiger charge is 2.20. The number of unbranched alkanes of at least 4 members (excludes halogenated alkanes) is 1. The van der Waals surface area contributed by atoms with Crippen LogP contribution in [0.25, 0.3) is 0 Å². The fraction of sp³-hybridized carbons (Fsp3) is 0.914. The van der Waals surface area contributed by atoms with E-state index in [1.165, 1.54) is 0 Å². The molecule has 0 radical (unpaired) electrons. The summed E-state index contributed by atoms with van der Waals surface area (Å²) < 4.78 is 59.7. The first-order chi connectivity index (χ1) is 26.5. The number of amides is 3. The molecule has 1 unspecified atom stereocenters. The second kappa shape index (κ2) is 43.6. The zero-order valence-electron chi connectivity index (χ0n) is 32.7. The summed E-state index contributed by atoms with van der Waals surface area (Å²) in [6.07, 6.45) is 2.33. The van der Waals surface area contributed by atoms with Crippen LogP contribution in [0.3, 0.4) is 0 Å². The second-order valence-electron chi connectivity index (χ2n) is 11.5. The standard InChI is InChI=1S/C35H71N5O14/c1-38-8-12-46-16-20-48-19-15-45-11-6-34(42)40-32(4-2-3-7-36)35(43)39-9-13-47-17-21-50-23-25-52-27-29-54-31-30-53-28-26-51-24-22-49-18-14-44-10-5-33(37)41/h32,38H,2-31,36H2,1H3,(H2,37,41)(H,39,43)(H,40,42). The van der Waals surface area contributed by atoms with Crippen LogP contribution in [0.2, 0.25) is 0 Å². The van der Waals surface area contributed by atoms with Gasteiger partial charge in [0.1, 0.15) is 6.04 Å². The summed E-state index contributed by atoms with van der Waals surface area (Å²) >= 11 is 0. The second-order valence-corrected chi connectivity index (χ2v) is 11.5. The van der Waals surface area contributed by atoms with E-state index in [9.17, 15) is 14.4 Å². The van der Waals surface area contributed by atoms with Gasteiger partial charge in [-0.25, -0.2) is 0 Å². The maximum atomic E-state index is 12.7. The summed E-state index contributed by atoms with van der Waals surface area (Å²) in [6, 6.07) is -0.652. The van der Waals surface area contributed by atoms with E-state index in [0.717, 1.165) is 19.4 Å². The summed E-state index contributed by atoms with van der Waals surface area (Å²) in [5, 5.41) is 8.63. The van der Waals surface area contributed by atoms with Gasteiger partial charge in [0, 0.05) is 25.9 Å². The predicted molar refractivity (Wildman–Crippen MR) is 199 cm³/mol. The average Bonchev–Trinajstić information content (AvgIpc) is 3.16. The molecular formula is C35H71N5O14. The lowest BCUT2D eigenvalue weighted by Gasteiger charge is -2.18. The maximum absolute atomic E-state index is 12.7. The maximum Gasteiger partial charge on any atom is 0.242 e. The summed E-state index contributed by atoms with van der Waals surface area (Å²) in [6.45, 7) is 11.0. The van der Waals surface area contributed by atoms with Gasteiger partial charge in [-0.15, -0.1) is 0 Å². The van der Waals surface area contributed by atoms with Crippen LogP contribution in [0.4, 0.5) is 0 Å². The Bertz CT molecular complexity index is 837. The number of rotatable bonds is 45. The summed E-state index contributed by atoms with van der Waals surface area (Å²) in [7, 11) is 1.87. The first-order valence-electron chi connectivity index (χ1n) is 19.1. The molecule has 0 heterocycles. The molecule has 0 fully saturated rings. The fourth-order valence-electron chi connectivity index (χ4n) is 4.09. The Morgan fingerprint density at radius 2 is 0.833 bits per heavy atom. The van der Waals surface area contributed by atoms with Crippen LogP contribution in [0, 0.1) is 0 Å². The van der Waals surface area contributed by atoms with Gasteiger partial charge in [0.05, 0.1) is 145 Å². The first kappa shape index (κ1) is 51.9. The van der Waals surface area contributed by atoms with Crippen molar-refractivity contribution in [3.05, 3.63) is 0 Å². The number of ether oxygens (including phenoxy) is 11. The van der Waals surface area contributed by atoms with Crippen molar-refractivity contribution in [2.24, 2.45) is 11.5 Å². The molecule has 0 spiro atoms. The third-order valence-corrected chi connectivity index (χ3v) is 6.95. The Morgan fingerprint density at radius 1 is 0.481 bits per heavy atom. The number of nitrogens with one attached hydrogen (secondary N) is 3. The predicted octanol–water partition coefficient (Wildman–Crippen LogP) is -1.62. The number of carbonyl (C=O) groups is 3. The van der Waals surface area contributed by atoms with Gasteiger partial charge in [-0.1, -0.05) is 0 Å². The molecule has 0 aromatic heterocycles. The van der Waals surface area contributed by atoms with E-state index < -0.39 is 6.04 Å². The summed E-state index contributed by atoms with van der Waals surface area (Å²) in [4.78, 5) is 35.7. The van der Waals surface area contributed by atoms with Gasteiger partial charge in [0.15, 0.2) is 0 Å². The largest absolute Gasteiger partial charge is 0.379 e. The van der Waals surface area contributed by atoms with Crippen LogP contribution in [-0.2, 0) is 66.5 Å². The van der Waals surface area contributed by atoms with E-state index in [-0.39, 0.29) is 37.2 Å². The zero-order valence-corrected chi connectivity index (χ0v) is 32.7. The van der Waals surface area contributed by atoms with E-state index >= 15 is 0 Å². The quantitative estimate of drug-likeness (QED) is 0.0436. The van der Waals surface area contributed by atoms with Gasteiger partial charge >= 0.3 is 0 Å². The van der Waals surface area contributed by atoms with E-state index in [2.05, 4.69) is 16.0 Å². The number of hydrogen-bond donors (Lipinski definition) is 5. The topological polar surface area (TPSA) is 241 Å². The highest BCUT2D eigenvalue weighted by atomic mass is 16.6. The first-order valence-corrected chi connectivity index (χ1v) is 19.1. The van der Waals surface area contributed by atoms with Crippen molar-refractivity contribution in [1.82, 2.24) is 16.0 Å². The van der Waals surface area contributed by atoms with E-state index in [1.54, 1.807) is 0 Å². The number of hydrogen-bond acceptors (Lipinski definition) is 16. The molecule has 0 aliphatic carbocycles. The molecule has 0 aromatic carbocycles. The molecule has 0 aliphatic rings. The van der Waals surface area contributed by atoms with Crippen molar-refractivity contribution in [2.45, 2.75) is 38.1 Å². The third kappa shape index (κ3) is 41.1. The summed E-state index contributed by atoms with van der Waals surface area (Å²) in [5.74, 6) is -0.901. The minimum atomic E-state index is -0.652. The minimum absolute atomic E-state index is 0.142. The normalized spacial score (nSPS) is 11.9. The molecule has 19 nitrogen and oxygen atoms in total. The molecule has 320 valence electrons. The Balaban J connectivity index is 3.60. The number of carbonyl (C=O) groups excluding carboxylic acids is 3. The number of likely N-dealkylation sites (N-methyl/N-ethyl adjacent to an activating group) is 1. The van der Waals surface area contributed by atoms with Crippen LogP contribution in [0.1, 0.15) is 32.1 Å². The van der Waals surface area contributed by atoms with E-state index in [1.807, 2.05) is 7.05 Å². The lowest BCUT2D eigenvalue weighted by molar-refractivity contribution is -0.130. The molecular weight excluding hydrogens is 714 g/mol. The molecule has 1 atom stereocenters. The van der Waals surface area contributed by atoms with Gasteiger partial charge in [-0.05, 0) is 32.9 Å². The Hall–Kier alpha value is -2.11. The molecule has 0 saturated heterocycles. The number of nitrogens with two attached hydrogens (primary N) is 2. The van der Waals surface area contributed by atoms with Gasteiger partial charge in [0.2, 0.25) is 17.7 Å². The van der Waals surface area contributed by atoms with Crippen LogP contribution in [-0.4, -0.2) is 196 Å². The van der Waals surface area contributed by atoms with Gasteiger partial charge < -0.3 is 79.5 Å². The van der Waals surface area contributed by atoms with E-state index in [0.29, 0.717) is 158 Å². The van der Waals surface area contributed by atoms with Crippen molar-refractivity contribution in [2.75, 3.05) is 172 Å². The van der Waals surface area contributed by atoms with E-state index in [4.69, 9.17) is 63.6 Å². The van der Waals surface area contributed by atoms with Crippen LogP contribution in [0.5, 0.6) is 0 Å². The van der Waals surface area contributed by atoms with Crippen LogP contribution >= 0.6 is 0 Å². The number of primary amides is 1. The molecule has 19 heteroatoms. The van der Waals surface area contributed by atoms with Gasteiger partial charge in [0.25, 0.3) is 0 Å². The zero-order chi connectivity index (χ0) is 39.4. The minimum Gasteiger partial charge on any atom is -0.379 e. The van der Waals surface area contributed by atoms with Crippen molar-refractivity contribution in [3.8, 4) is 0 Å². The van der Waals surface area contributed by atoms with Crippen molar-refractivity contribution in [3.63, 3.8) is 0 Å². The smallest absolute Gasteiger partial charge is 0.242 e. The highest BCUT2D eigenvalue weighted by molar-refractivity contribution is 5.87. The third-order valence-electron chi connectivity index (χ3n) is 6.95. The fourth-order valence-corrected chi connectivity index (χ4v) is 4.09. The molecule has 0 rings (SSSR count). The highest BCUT2D eigenvalue weighted by Crippen LogP contribution is 2.02. The Morgan fingerprint density at radius 3 is 1.20 bits per heavy atom. The monoisotopic (exact) mass is 785 g/mol. The Kier molecular flexibility index (Phi) is 41.9. The van der Waals surface area contributed by atoms with Crippen molar-refractivity contribution < 1.29 is 66.5 Å². The molecule has 0 bridgehead atoms.